The molecule has 0 bridgehead atoms. The third kappa shape index (κ3) is 4.34. The normalized spacial score (nSPS) is 14.2. The molecule has 0 spiro atoms. The van der Waals surface area contributed by atoms with Gasteiger partial charge in [0.25, 0.3) is 5.91 Å². The van der Waals surface area contributed by atoms with Gasteiger partial charge in [0.05, 0.1) is 17.2 Å². The monoisotopic (exact) mass is 284 g/mol. The van der Waals surface area contributed by atoms with Crippen LogP contribution in [-0.4, -0.2) is 30.6 Å². The predicted octanol–water partition coefficient (Wildman–Crippen LogP) is 1.18. The number of anilines is 1. The van der Waals surface area contributed by atoms with E-state index in [1.165, 1.54) is 25.1 Å². The Bertz CT molecular complexity index is 451. The van der Waals surface area contributed by atoms with Gasteiger partial charge in [-0.2, -0.15) is 0 Å². The molecular formula is C12H17ClN4O2. The van der Waals surface area contributed by atoms with Crippen LogP contribution < -0.4 is 16.6 Å². The van der Waals surface area contributed by atoms with Crippen LogP contribution in [0.25, 0.3) is 0 Å². The molecule has 1 aliphatic rings. The number of nitrogen functional groups attached to an aromatic ring is 1. The molecule has 1 saturated carbocycles. The van der Waals surface area contributed by atoms with Crippen LogP contribution in [0.4, 0.5) is 5.82 Å². The summed E-state index contributed by atoms with van der Waals surface area (Å²) >= 11 is 5.89. The highest BCUT2D eigenvalue weighted by Crippen LogP contribution is 2.28. The van der Waals surface area contributed by atoms with Gasteiger partial charge in [0.2, 0.25) is 0 Å². The number of nitrogens with one attached hydrogen (secondary N) is 2. The lowest BCUT2D eigenvalue weighted by atomic mass is 10.2. The number of nitrogens with zero attached hydrogens (tertiary/aromatic N) is 1. The van der Waals surface area contributed by atoms with Gasteiger partial charge in [-0.05, 0) is 24.8 Å². The van der Waals surface area contributed by atoms with E-state index in [9.17, 15) is 4.79 Å². The third-order valence-corrected chi connectivity index (χ3v) is 3.11. The number of hydrogen-bond donors (Lipinski definition) is 3. The Morgan fingerprint density at radius 3 is 3.00 bits per heavy atom. The predicted molar refractivity (Wildman–Crippen MR) is 72.9 cm³/mol. The van der Waals surface area contributed by atoms with Crippen molar-refractivity contribution < 1.29 is 9.53 Å². The molecular weight excluding hydrogens is 268 g/mol. The van der Waals surface area contributed by atoms with Crippen molar-refractivity contribution in [1.29, 1.82) is 0 Å². The molecule has 1 aliphatic carbocycles. The minimum Gasteiger partial charge on any atom is -0.379 e. The molecule has 1 aromatic rings. The summed E-state index contributed by atoms with van der Waals surface area (Å²) in [7, 11) is 0. The molecule has 0 aliphatic heterocycles. The number of hydrogen-bond acceptors (Lipinski definition) is 5. The Hall–Kier alpha value is -1.37. The van der Waals surface area contributed by atoms with Crippen LogP contribution >= 0.6 is 11.6 Å². The summed E-state index contributed by atoms with van der Waals surface area (Å²) in [4.78, 5) is 15.7. The Balaban J connectivity index is 1.73. The molecule has 1 aromatic heterocycles. The van der Waals surface area contributed by atoms with Gasteiger partial charge in [-0.3, -0.25) is 4.79 Å². The summed E-state index contributed by atoms with van der Waals surface area (Å²) in [6.07, 6.45) is 3.94. The average Bonchev–Trinajstić information content (AvgIpc) is 3.22. The molecule has 0 aromatic carbocycles. The van der Waals surface area contributed by atoms with Crippen molar-refractivity contribution in [3.63, 3.8) is 0 Å². The van der Waals surface area contributed by atoms with Crippen LogP contribution in [-0.2, 0) is 4.74 Å². The van der Waals surface area contributed by atoms with E-state index in [2.05, 4.69) is 15.7 Å². The minimum absolute atomic E-state index is 0.229. The number of carbonyl (C=O) groups is 1. The highest BCUT2D eigenvalue weighted by molar-refractivity contribution is 6.33. The van der Waals surface area contributed by atoms with E-state index < -0.39 is 0 Å². The summed E-state index contributed by atoms with van der Waals surface area (Å²) in [6, 6.07) is 1.52. The third-order valence-electron chi connectivity index (χ3n) is 2.82. The van der Waals surface area contributed by atoms with Crippen LogP contribution in [0.2, 0.25) is 5.02 Å². The molecule has 0 saturated heterocycles. The van der Waals surface area contributed by atoms with Gasteiger partial charge in [-0.25, -0.2) is 10.8 Å². The quantitative estimate of drug-likeness (QED) is 0.397. The fourth-order valence-corrected chi connectivity index (χ4v) is 1.76. The zero-order chi connectivity index (χ0) is 13.7. The van der Waals surface area contributed by atoms with Gasteiger partial charge < -0.3 is 15.5 Å². The number of ether oxygens (including phenoxy) is 1. The van der Waals surface area contributed by atoms with Gasteiger partial charge in [0.1, 0.15) is 0 Å². The van der Waals surface area contributed by atoms with Crippen LogP contribution in [0.15, 0.2) is 12.3 Å². The maximum Gasteiger partial charge on any atom is 0.252 e. The van der Waals surface area contributed by atoms with Crippen LogP contribution in [0.5, 0.6) is 0 Å². The largest absolute Gasteiger partial charge is 0.379 e. The van der Waals surface area contributed by atoms with E-state index in [0.717, 1.165) is 12.5 Å². The summed E-state index contributed by atoms with van der Waals surface area (Å²) in [5.74, 6) is 6.05. The number of aromatic nitrogens is 1. The second kappa shape index (κ2) is 6.70. The summed E-state index contributed by atoms with van der Waals surface area (Å²) in [6.45, 7) is 1.78. The van der Waals surface area contributed by atoms with Gasteiger partial charge >= 0.3 is 0 Å². The molecule has 2 rings (SSSR count). The van der Waals surface area contributed by atoms with E-state index in [1.807, 2.05) is 0 Å². The average molecular weight is 285 g/mol. The molecule has 0 atom stereocenters. The molecule has 0 radical (unpaired) electrons. The van der Waals surface area contributed by atoms with Gasteiger partial charge in [0, 0.05) is 19.3 Å². The summed E-state index contributed by atoms with van der Waals surface area (Å²) in [5, 5.41) is 3.05. The first kappa shape index (κ1) is 14.0. The first-order chi connectivity index (χ1) is 9.20. The standard InChI is InChI=1S/C12H17ClN4O2/c13-10-5-9(6-16-11(10)17-14)12(18)15-3-4-19-7-8-1-2-8/h5-6,8H,1-4,7,14H2,(H,15,18)(H,16,17). The minimum atomic E-state index is -0.229. The van der Waals surface area contributed by atoms with Crippen LogP contribution in [0.3, 0.4) is 0 Å². The SMILES string of the molecule is NNc1ncc(C(=O)NCCOCC2CC2)cc1Cl. The number of carbonyl (C=O) groups excluding carboxylic acids is 1. The zero-order valence-corrected chi connectivity index (χ0v) is 11.2. The van der Waals surface area contributed by atoms with E-state index in [4.69, 9.17) is 22.2 Å². The lowest BCUT2D eigenvalue weighted by Gasteiger charge is -2.07. The molecule has 1 fully saturated rings. The number of amides is 1. The Kier molecular flexibility index (Phi) is 4.95. The lowest BCUT2D eigenvalue weighted by molar-refractivity contribution is 0.0906. The second-order valence-electron chi connectivity index (χ2n) is 4.47. The molecule has 0 unspecified atom stereocenters. The van der Waals surface area contributed by atoms with Gasteiger partial charge in [0.15, 0.2) is 5.82 Å². The maximum atomic E-state index is 11.8. The number of hydrazine groups is 1. The van der Waals surface area contributed by atoms with Crippen molar-refractivity contribution in [3.8, 4) is 0 Å². The maximum absolute atomic E-state index is 11.8. The highest BCUT2D eigenvalue weighted by atomic mass is 35.5. The molecule has 7 heteroatoms. The molecule has 1 heterocycles. The zero-order valence-electron chi connectivity index (χ0n) is 10.5. The van der Waals surface area contributed by atoms with Crippen molar-refractivity contribution in [2.75, 3.05) is 25.2 Å². The molecule has 19 heavy (non-hydrogen) atoms. The van der Waals surface area contributed by atoms with Crippen LogP contribution in [0.1, 0.15) is 23.2 Å². The number of rotatable bonds is 7. The Labute approximate surface area is 116 Å². The molecule has 6 nitrogen and oxygen atoms in total. The van der Waals surface area contributed by atoms with Crippen molar-refractivity contribution >= 4 is 23.3 Å². The Morgan fingerprint density at radius 1 is 1.58 bits per heavy atom. The van der Waals surface area contributed by atoms with E-state index in [0.29, 0.717) is 29.6 Å². The van der Waals surface area contributed by atoms with Crippen molar-refractivity contribution in [2.45, 2.75) is 12.8 Å². The number of nitrogens with two attached hydrogens (primary N) is 1. The first-order valence-corrected chi connectivity index (χ1v) is 6.56. The van der Waals surface area contributed by atoms with Crippen LogP contribution in [0, 0.1) is 5.92 Å². The summed E-state index contributed by atoms with van der Waals surface area (Å²) in [5.41, 5.74) is 2.74. The van der Waals surface area contributed by atoms with E-state index in [-0.39, 0.29) is 5.91 Å². The van der Waals surface area contributed by atoms with Gasteiger partial charge in [-0.1, -0.05) is 11.6 Å². The summed E-state index contributed by atoms with van der Waals surface area (Å²) < 4.78 is 5.42. The number of pyridine rings is 1. The topological polar surface area (TPSA) is 89.3 Å². The molecule has 1 amide bonds. The van der Waals surface area contributed by atoms with E-state index in [1.54, 1.807) is 0 Å². The second-order valence-corrected chi connectivity index (χ2v) is 4.88. The lowest BCUT2D eigenvalue weighted by Crippen LogP contribution is -2.27. The fraction of sp³-hybridized carbons (Fsp3) is 0.500. The number of halogens is 1. The van der Waals surface area contributed by atoms with Crippen molar-refractivity contribution in [1.82, 2.24) is 10.3 Å². The van der Waals surface area contributed by atoms with Gasteiger partial charge in [-0.15, -0.1) is 0 Å². The molecule has 4 N–H and O–H groups in total. The Morgan fingerprint density at radius 2 is 2.37 bits per heavy atom. The first-order valence-electron chi connectivity index (χ1n) is 6.19. The van der Waals surface area contributed by atoms with Crippen molar-refractivity contribution in [3.05, 3.63) is 22.8 Å². The van der Waals surface area contributed by atoms with E-state index >= 15 is 0 Å². The molecule has 104 valence electrons. The van der Waals surface area contributed by atoms with Crippen molar-refractivity contribution in [2.24, 2.45) is 11.8 Å². The smallest absolute Gasteiger partial charge is 0.252 e. The fourth-order valence-electron chi connectivity index (χ4n) is 1.54. The highest BCUT2D eigenvalue weighted by Gasteiger charge is 2.20.